The SMILES string of the molecule is O=C(c1ccc(CSc2nc3ccccc3s2)cc1)N1CCN(c2ccc([N+](=O)[O-])cc2)CC1. The van der Waals surface area contributed by atoms with Crippen molar-refractivity contribution in [1.82, 2.24) is 9.88 Å². The van der Waals surface area contributed by atoms with Crippen molar-refractivity contribution in [3.8, 4) is 0 Å². The van der Waals surface area contributed by atoms with Gasteiger partial charge in [-0.05, 0) is 42.0 Å². The van der Waals surface area contributed by atoms with E-state index in [0.29, 0.717) is 31.7 Å². The Hall–Kier alpha value is -3.43. The van der Waals surface area contributed by atoms with Gasteiger partial charge in [-0.2, -0.15) is 0 Å². The van der Waals surface area contributed by atoms with Crippen molar-refractivity contribution in [3.05, 3.63) is 94.0 Å². The molecule has 0 saturated carbocycles. The highest BCUT2D eigenvalue weighted by molar-refractivity contribution is 8.00. The second kappa shape index (κ2) is 9.82. The summed E-state index contributed by atoms with van der Waals surface area (Å²) in [6.45, 7) is 2.62. The van der Waals surface area contributed by atoms with E-state index in [0.717, 1.165) is 26.9 Å². The number of nitro groups is 1. The molecule has 0 N–H and O–H groups in total. The van der Waals surface area contributed by atoms with Gasteiger partial charge >= 0.3 is 0 Å². The van der Waals surface area contributed by atoms with Crippen LogP contribution in [0.25, 0.3) is 10.2 Å². The Morgan fingerprint density at radius 3 is 2.35 bits per heavy atom. The van der Waals surface area contributed by atoms with Crippen LogP contribution >= 0.6 is 23.1 Å². The first-order valence-corrected chi connectivity index (χ1v) is 12.7. The highest BCUT2D eigenvalue weighted by Gasteiger charge is 2.22. The fraction of sp³-hybridized carbons (Fsp3) is 0.200. The first-order valence-electron chi connectivity index (χ1n) is 10.9. The van der Waals surface area contributed by atoms with E-state index >= 15 is 0 Å². The van der Waals surface area contributed by atoms with E-state index < -0.39 is 4.92 Å². The monoisotopic (exact) mass is 490 g/mol. The van der Waals surface area contributed by atoms with E-state index in [2.05, 4.69) is 16.0 Å². The lowest BCUT2D eigenvalue weighted by Gasteiger charge is -2.36. The summed E-state index contributed by atoms with van der Waals surface area (Å²) in [7, 11) is 0. The van der Waals surface area contributed by atoms with Gasteiger partial charge in [-0.15, -0.1) is 11.3 Å². The van der Waals surface area contributed by atoms with Crippen molar-refractivity contribution in [2.75, 3.05) is 31.1 Å². The van der Waals surface area contributed by atoms with E-state index in [-0.39, 0.29) is 11.6 Å². The third-order valence-corrected chi connectivity index (χ3v) is 8.08. The van der Waals surface area contributed by atoms with Gasteiger partial charge in [0, 0.05) is 55.3 Å². The molecule has 1 fully saturated rings. The minimum atomic E-state index is -0.398. The fourth-order valence-corrected chi connectivity index (χ4v) is 5.96. The number of thioether (sulfide) groups is 1. The normalized spacial score (nSPS) is 13.9. The maximum atomic E-state index is 13.0. The molecule has 1 amide bonds. The van der Waals surface area contributed by atoms with Gasteiger partial charge < -0.3 is 9.80 Å². The molecule has 7 nitrogen and oxygen atoms in total. The Morgan fingerprint density at radius 2 is 1.68 bits per heavy atom. The smallest absolute Gasteiger partial charge is 0.269 e. The number of thiazole rings is 1. The summed E-state index contributed by atoms with van der Waals surface area (Å²) in [5.41, 5.74) is 3.90. The zero-order chi connectivity index (χ0) is 23.5. The van der Waals surface area contributed by atoms with Crippen LogP contribution in [0.5, 0.6) is 0 Å². The molecule has 9 heteroatoms. The van der Waals surface area contributed by atoms with Crippen LogP contribution < -0.4 is 4.90 Å². The average molecular weight is 491 g/mol. The summed E-state index contributed by atoms with van der Waals surface area (Å²) in [6, 6.07) is 22.5. The zero-order valence-corrected chi connectivity index (χ0v) is 19.9. The molecule has 172 valence electrons. The average Bonchev–Trinajstić information content (AvgIpc) is 3.31. The van der Waals surface area contributed by atoms with Crippen molar-refractivity contribution in [1.29, 1.82) is 0 Å². The van der Waals surface area contributed by atoms with Crippen LogP contribution in [-0.4, -0.2) is 46.9 Å². The van der Waals surface area contributed by atoms with Crippen molar-refractivity contribution >= 4 is 50.6 Å². The number of para-hydroxylation sites is 1. The lowest BCUT2D eigenvalue weighted by atomic mass is 10.1. The zero-order valence-electron chi connectivity index (χ0n) is 18.3. The number of benzene rings is 3. The number of non-ortho nitro benzene ring substituents is 1. The molecule has 1 saturated heterocycles. The number of nitro benzene ring substituents is 1. The third kappa shape index (κ3) is 4.90. The van der Waals surface area contributed by atoms with Crippen LogP contribution in [0.2, 0.25) is 0 Å². The molecule has 0 bridgehead atoms. The van der Waals surface area contributed by atoms with E-state index in [1.807, 2.05) is 47.4 Å². The standard InChI is InChI=1S/C25H22N4O3S2/c30-24(28-15-13-27(14-16-28)20-9-11-21(12-10-20)29(31)32)19-7-5-18(6-8-19)17-33-25-26-22-3-1-2-4-23(22)34-25/h1-12H,13-17H2. The van der Waals surface area contributed by atoms with E-state index in [1.165, 1.54) is 16.8 Å². The molecule has 0 unspecified atom stereocenters. The van der Waals surface area contributed by atoms with Gasteiger partial charge in [0.1, 0.15) is 0 Å². The molecular weight excluding hydrogens is 468 g/mol. The van der Waals surface area contributed by atoms with E-state index in [9.17, 15) is 14.9 Å². The molecule has 4 aromatic rings. The molecule has 1 aliphatic rings. The summed E-state index contributed by atoms with van der Waals surface area (Å²) in [4.78, 5) is 32.1. The van der Waals surface area contributed by atoms with Gasteiger partial charge in [-0.1, -0.05) is 36.0 Å². The summed E-state index contributed by atoms with van der Waals surface area (Å²) in [5, 5.41) is 10.8. The number of piperazine rings is 1. The van der Waals surface area contributed by atoms with Gasteiger partial charge in [0.05, 0.1) is 15.1 Å². The molecule has 0 spiro atoms. The predicted octanol–water partition coefficient (Wildman–Crippen LogP) is 5.46. The number of anilines is 1. The molecule has 0 atom stereocenters. The van der Waals surface area contributed by atoms with Gasteiger partial charge in [0.2, 0.25) is 0 Å². The number of carbonyl (C=O) groups excluding carboxylic acids is 1. The van der Waals surface area contributed by atoms with Crippen molar-refractivity contribution in [2.24, 2.45) is 0 Å². The minimum absolute atomic E-state index is 0.0359. The van der Waals surface area contributed by atoms with Gasteiger partial charge in [0.15, 0.2) is 4.34 Å². The first kappa shape index (κ1) is 22.4. The summed E-state index contributed by atoms with van der Waals surface area (Å²) < 4.78 is 2.24. The number of fused-ring (bicyclic) bond motifs is 1. The summed E-state index contributed by atoms with van der Waals surface area (Å²) in [5.74, 6) is 0.844. The molecule has 2 heterocycles. The van der Waals surface area contributed by atoms with Crippen LogP contribution in [0.3, 0.4) is 0 Å². The number of carbonyl (C=O) groups is 1. The van der Waals surface area contributed by atoms with Crippen LogP contribution in [0.15, 0.2) is 77.1 Å². The largest absolute Gasteiger partial charge is 0.368 e. The van der Waals surface area contributed by atoms with Crippen LogP contribution in [-0.2, 0) is 5.75 Å². The van der Waals surface area contributed by atoms with Crippen LogP contribution in [0.4, 0.5) is 11.4 Å². The van der Waals surface area contributed by atoms with E-state index in [4.69, 9.17) is 0 Å². The number of hydrogen-bond acceptors (Lipinski definition) is 7. The van der Waals surface area contributed by atoms with Crippen molar-refractivity contribution in [3.63, 3.8) is 0 Å². The van der Waals surface area contributed by atoms with Gasteiger partial charge in [-0.3, -0.25) is 14.9 Å². The van der Waals surface area contributed by atoms with Crippen LogP contribution in [0.1, 0.15) is 15.9 Å². The van der Waals surface area contributed by atoms with Gasteiger partial charge in [-0.25, -0.2) is 4.98 Å². The molecule has 34 heavy (non-hydrogen) atoms. The maximum absolute atomic E-state index is 13.0. The molecule has 0 aliphatic carbocycles. The number of aromatic nitrogens is 1. The first-order chi connectivity index (χ1) is 16.6. The quantitative estimate of drug-likeness (QED) is 0.203. The van der Waals surface area contributed by atoms with Crippen LogP contribution in [0, 0.1) is 10.1 Å². The molecule has 1 aliphatic heterocycles. The number of amides is 1. The van der Waals surface area contributed by atoms with E-state index in [1.54, 1.807) is 35.2 Å². The Morgan fingerprint density at radius 1 is 0.971 bits per heavy atom. The Bertz CT molecular complexity index is 1280. The topological polar surface area (TPSA) is 79.6 Å². The number of hydrogen-bond donors (Lipinski definition) is 0. The summed E-state index contributed by atoms with van der Waals surface area (Å²) >= 11 is 3.41. The molecule has 0 radical (unpaired) electrons. The second-order valence-corrected chi connectivity index (χ2v) is 10.2. The third-order valence-electron chi connectivity index (χ3n) is 5.83. The number of rotatable bonds is 6. The maximum Gasteiger partial charge on any atom is 0.269 e. The highest BCUT2D eigenvalue weighted by Crippen LogP contribution is 2.31. The molecule has 5 rings (SSSR count). The predicted molar refractivity (Wildman–Crippen MR) is 137 cm³/mol. The number of nitrogens with zero attached hydrogens (tertiary/aromatic N) is 4. The fourth-order valence-electron chi connectivity index (χ4n) is 3.94. The Kier molecular flexibility index (Phi) is 6.46. The molecular formula is C25H22N4O3S2. The molecule has 1 aromatic heterocycles. The van der Waals surface area contributed by atoms with Gasteiger partial charge in [0.25, 0.3) is 11.6 Å². The highest BCUT2D eigenvalue weighted by atomic mass is 32.2. The van der Waals surface area contributed by atoms with Crippen molar-refractivity contribution in [2.45, 2.75) is 10.1 Å². The lowest BCUT2D eigenvalue weighted by molar-refractivity contribution is -0.384. The van der Waals surface area contributed by atoms with Crippen molar-refractivity contribution < 1.29 is 9.72 Å². The summed E-state index contributed by atoms with van der Waals surface area (Å²) in [6.07, 6.45) is 0. The Balaban J connectivity index is 1.15. The molecule has 3 aromatic carbocycles. The Labute approximate surface area is 205 Å². The second-order valence-electron chi connectivity index (χ2n) is 7.99. The minimum Gasteiger partial charge on any atom is -0.368 e. The lowest BCUT2D eigenvalue weighted by Crippen LogP contribution is -2.48.